The van der Waals surface area contributed by atoms with Gasteiger partial charge in [-0.1, -0.05) is 37.3 Å². The van der Waals surface area contributed by atoms with Crippen molar-refractivity contribution in [3.05, 3.63) is 35.9 Å². The molecule has 0 spiro atoms. The van der Waals surface area contributed by atoms with Crippen LogP contribution in [0.2, 0.25) is 0 Å². The van der Waals surface area contributed by atoms with E-state index in [-0.39, 0.29) is 12.5 Å². The molecule has 19 heavy (non-hydrogen) atoms. The molecule has 1 aromatic rings. The number of amides is 1. The molecule has 2 rings (SSSR count). The predicted molar refractivity (Wildman–Crippen MR) is 67.0 cm³/mol. The number of carbonyl (C=O) groups is 2. The molecule has 0 saturated carbocycles. The van der Waals surface area contributed by atoms with Gasteiger partial charge in [0.15, 0.2) is 0 Å². The molecule has 1 heterocycles. The van der Waals surface area contributed by atoms with Gasteiger partial charge >= 0.3 is 12.1 Å². The fourth-order valence-corrected chi connectivity index (χ4v) is 2.27. The van der Waals surface area contributed by atoms with Crippen molar-refractivity contribution in [3.8, 4) is 0 Å². The minimum absolute atomic E-state index is 0.106. The lowest BCUT2D eigenvalue weighted by Gasteiger charge is -2.20. The third kappa shape index (κ3) is 3.30. The Bertz CT molecular complexity index is 463. The number of hydrogen-bond acceptors (Lipinski definition) is 3. The zero-order valence-corrected chi connectivity index (χ0v) is 10.7. The predicted octanol–water partition coefficient (Wildman–Crippen LogP) is 2.53. The first-order valence-corrected chi connectivity index (χ1v) is 6.24. The summed E-state index contributed by atoms with van der Waals surface area (Å²) in [6.45, 7) is 2.35. The summed E-state index contributed by atoms with van der Waals surface area (Å²) in [6, 6.07) is 6.75. The number of halogens is 1. The van der Waals surface area contributed by atoms with Crippen LogP contribution in [0.25, 0.3) is 0 Å². The second-order valence-corrected chi connectivity index (χ2v) is 4.85. The van der Waals surface area contributed by atoms with E-state index in [1.807, 2.05) is 37.3 Å². The molecule has 2 atom stereocenters. The first-order chi connectivity index (χ1) is 9.08. The number of ether oxygens (including phenoxy) is 1. The van der Waals surface area contributed by atoms with Crippen LogP contribution in [0, 0.1) is 5.92 Å². The SMILES string of the molecule is CC1CC(C(=O)F)N(C(=O)OCc2ccccc2)C1. The topological polar surface area (TPSA) is 46.6 Å². The second-order valence-electron chi connectivity index (χ2n) is 4.85. The largest absolute Gasteiger partial charge is 0.445 e. The second kappa shape index (κ2) is 5.82. The van der Waals surface area contributed by atoms with E-state index >= 15 is 0 Å². The highest BCUT2D eigenvalue weighted by Crippen LogP contribution is 2.24. The third-order valence-electron chi connectivity index (χ3n) is 3.21. The fraction of sp³-hybridized carbons (Fsp3) is 0.429. The quantitative estimate of drug-likeness (QED) is 0.789. The molecule has 1 aliphatic rings. The molecule has 2 unspecified atom stereocenters. The zero-order valence-electron chi connectivity index (χ0n) is 10.7. The van der Waals surface area contributed by atoms with Gasteiger partial charge in [-0.25, -0.2) is 4.79 Å². The molecule has 0 aromatic heterocycles. The standard InChI is InChI=1S/C14H16FNO3/c1-10-7-12(13(15)17)16(8-10)14(18)19-9-11-5-3-2-4-6-11/h2-6,10,12H,7-9H2,1H3. The molecular weight excluding hydrogens is 249 g/mol. The minimum Gasteiger partial charge on any atom is -0.445 e. The number of rotatable bonds is 3. The van der Waals surface area contributed by atoms with E-state index in [0.717, 1.165) is 5.56 Å². The van der Waals surface area contributed by atoms with Crippen molar-refractivity contribution in [2.24, 2.45) is 5.92 Å². The first kappa shape index (κ1) is 13.5. The van der Waals surface area contributed by atoms with Crippen molar-refractivity contribution in [1.29, 1.82) is 0 Å². The molecule has 1 fully saturated rings. The highest BCUT2D eigenvalue weighted by molar-refractivity contribution is 5.81. The van der Waals surface area contributed by atoms with Crippen molar-refractivity contribution >= 4 is 12.1 Å². The first-order valence-electron chi connectivity index (χ1n) is 6.24. The Labute approximate surface area is 111 Å². The lowest BCUT2D eigenvalue weighted by Crippen LogP contribution is -2.39. The maximum atomic E-state index is 12.9. The third-order valence-corrected chi connectivity index (χ3v) is 3.21. The van der Waals surface area contributed by atoms with E-state index in [9.17, 15) is 14.0 Å². The van der Waals surface area contributed by atoms with Gasteiger partial charge in [-0.05, 0) is 17.9 Å². The summed E-state index contributed by atoms with van der Waals surface area (Å²) in [4.78, 5) is 23.9. The Morgan fingerprint density at radius 3 is 2.68 bits per heavy atom. The van der Waals surface area contributed by atoms with Gasteiger partial charge in [-0.2, -0.15) is 4.39 Å². The zero-order chi connectivity index (χ0) is 13.8. The van der Waals surface area contributed by atoms with Gasteiger partial charge in [-0.3, -0.25) is 9.69 Å². The molecular formula is C14H16FNO3. The minimum atomic E-state index is -1.47. The summed E-state index contributed by atoms with van der Waals surface area (Å²) >= 11 is 0. The van der Waals surface area contributed by atoms with Gasteiger partial charge in [-0.15, -0.1) is 0 Å². The van der Waals surface area contributed by atoms with Crippen molar-refractivity contribution in [3.63, 3.8) is 0 Å². The van der Waals surface area contributed by atoms with Crippen LogP contribution in [0.4, 0.5) is 9.18 Å². The number of carbonyl (C=O) groups excluding carboxylic acids is 2. The summed E-state index contributed by atoms with van der Waals surface area (Å²) in [7, 11) is 0. The summed E-state index contributed by atoms with van der Waals surface area (Å²) in [5.41, 5.74) is 0.853. The lowest BCUT2D eigenvalue weighted by molar-refractivity contribution is -0.133. The Morgan fingerprint density at radius 2 is 2.05 bits per heavy atom. The van der Waals surface area contributed by atoms with E-state index in [4.69, 9.17) is 4.74 Å². The summed E-state index contributed by atoms with van der Waals surface area (Å²) in [6.07, 6.45) is -0.278. The smallest absolute Gasteiger partial charge is 0.410 e. The van der Waals surface area contributed by atoms with Crippen LogP contribution in [-0.4, -0.2) is 29.6 Å². The van der Waals surface area contributed by atoms with Crippen LogP contribution in [0.1, 0.15) is 18.9 Å². The molecule has 1 amide bonds. The van der Waals surface area contributed by atoms with Gasteiger partial charge in [0.05, 0.1) is 0 Å². The van der Waals surface area contributed by atoms with Crippen molar-refractivity contribution in [1.82, 2.24) is 4.90 Å². The number of hydrogen-bond donors (Lipinski definition) is 0. The Morgan fingerprint density at radius 1 is 1.37 bits per heavy atom. The average molecular weight is 265 g/mol. The summed E-state index contributed by atoms with van der Waals surface area (Å²) in [5.74, 6) is 0.106. The highest BCUT2D eigenvalue weighted by Gasteiger charge is 2.38. The van der Waals surface area contributed by atoms with Crippen molar-refractivity contribution in [2.45, 2.75) is 26.0 Å². The van der Waals surface area contributed by atoms with E-state index in [2.05, 4.69) is 0 Å². The number of nitrogens with zero attached hydrogens (tertiary/aromatic N) is 1. The van der Waals surface area contributed by atoms with E-state index in [1.54, 1.807) is 0 Å². The van der Waals surface area contributed by atoms with Crippen molar-refractivity contribution in [2.75, 3.05) is 6.54 Å². The molecule has 0 bridgehead atoms. The Kier molecular flexibility index (Phi) is 4.14. The monoisotopic (exact) mass is 265 g/mol. The van der Waals surface area contributed by atoms with Crippen LogP contribution in [0.5, 0.6) is 0 Å². The maximum Gasteiger partial charge on any atom is 0.410 e. The van der Waals surface area contributed by atoms with Crippen LogP contribution in [0.15, 0.2) is 30.3 Å². The van der Waals surface area contributed by atoms with Crippen molar-refractivity contribution < 1.29 is 18.7 Å². The normalized spacial score (nSPS) is 22.3. The molecule has 0 aliphatic carbocycles. The van der Waals surface area contributed by atoms with Gasteiger partial charge in [0.2, 0.25) is 0 Å². The molecule has 0 N–H and O–H groups in total. The molecule has 5 heteroatoms. The van der Waals surface area contributed by atoms with E-state index in [0.29, 0.717) is 13.0 Å². The number of likely N-dealkylation sites (tertiary alicyclic amines) is 1. The molecule has 0 radical (unpaired) electrons. The van der Waals surface area contributed by atoms with E-state index < -0.39 is 18.2 Å². The Hall–Kier alpha value is -1.91. The van der Waals surface area contributed by atoms with Gasteiger partial charge < -0.3 is 4.74 Å². The summed E-state index contributed by atoms with van der Waals surface area (Å²) in [5, 5.41) is 0. The molecule has 1 aromatic carbocycles. The van der Waals surface area contributed by atoms with Crippen LogP contribution in [-0.2, 0) is 16.1 Å². The lowest BCUT2D eigenvalue weighted by atomic mass is 10.1. The van der Waals surface area contributed by atoms with Crippen LogP contribution < -0.4 is 0 Å². The van der Waals surface area contributed by atoms with Crippen LogP contribution in [0.3, 0.4) is 0 Å². The van der Waals surface area contributed by atoms with E-state index in [1.165, 1.54) is 4.90 Å². The Balaban J connectivity index is 1.94. The molecule has 102 valence electrons. The summed E-state index contributed by atoms with van der Waals surface area (Å²) < 4.78 is 18.0. The van der Waals surface area contributed by atoms with Gasteiger partial charge in [0.25, 0.3) is 0 Å². The molecule has 1 saturated heterocycles. The molecule has 4 nitrogen and oxygen atoms in total. The molecule has 1 aliphatic heterocycles. The highest BCUT2D eigenvalue weighted by atomic mass is 19.1. The maximum absolute atomic E-state index is 12.9. The fourth-order valence-electron chi connectivity index (χ4n) is 2.27. The number of benzene rings is 1. The van der Waals surface area contributed by atoms with Gasteiger partial charge in [0.1, 0.15) is 12.6 Å². The van der Waals surface area contributed by atoms with Gasteiger partial charge in [0, 0.05) is 6.54 Å². The van der Waals surface area contributed by atoms with Crippen LogP contribution >= 0.6 is 0 Å². The average Bonchev–Trinajstić information content (AvgIpc) is 2.79.